The Bertz CT molecular complexity index is 1360. The monoisotopic (exact) mass is 570 g/mol. The number of thiophene rings is 1. The molecule has 2 amide bonds. The molecule has 2 aromatic heterocycles. The van der Waals surface area contributed by atoms with Gasteiger partial charge in [0.05, 0.1) is 23.7 Å². The van der Waals surface area contributed by atoms with Gasteiger partial charge in [0, 0.05) is 17.5 Å². The topological polar surface area (TPSA) is 130 Å². The number of methoxy groups -OCH3 is 1. The Morgan fingerprint density at radius 3 is 2.37 bits per heavy atom. The largest absolute Gasteiger partial charge is 0.453 e. The average molecular weight is 571 g/mol. The number of thiazole rings is 1. The predicted molar refractivity (Wildman–Crippen MR) is 150 cm³/mol. The van der Waals surface area contributed by atoms with E-state index in [4.69, 9.17) is 14.3 Å². The van der Waals surface area contributed by atoms with E-state index in [1.807, 2.05) is 65.4 Å². The van der Waals surface area contributed by atoms with Gasteiger partial charge in [0.25, 0.3) is 11.3 Å². The summed E-state index contributed by atoms with van der Waals surface area (Å²) in [5.41, 5.74) is 2.96. The molecule has 2 heterocycles. The third kappa shape index (κ3) is 7.71. The minimum atomic E-state index is -2.17. The molecule has 3 atom stereocenters. The van der Waals surface area contributed by atoms with Gasteiger partial charge >= 0.3 is 6.09 Å². The molecule has 0 saturated carbocycles. The molecule has 4 rings (SSSR count). The van der Waals surface area contributed by atoms with Gasteiger partial charge in [-0.05, 0) is 41.1 Å². The summed E-state index contributed by atoms with van der Waals surface area (Å²) in [6.45, 7) is 0. The van der Waals surface area contributed by atoms with Gasteiger partial charge < -0.3 is 15.4 Å². The first-order valence-electron chi connectivity index (χ1n) is 11.6. The quantitative estimate of drug-likeness (QED) is 0.192. The van der Waals surface area contributed by atoms with E-state index in [0.29, 0.717) is 17.8 Å². The Hall–Kier alpha value is -3.58. The lowest BCUT2D eigenvalue weighted by Gasteiger charge is -2.23. The molecule has 9 nitrogen and oxygen atoms in total. The van der Waals surface area contributed by atoms with Crippen molar-refractivity contribution in [3.8, 4) is 9.88 Å². The van der Waals surface area contributed by atoms with Crippen molar-refractivity contribution < 1.29 is 23.1 Å². The lowest BCUT2D eigenvalue weighted by molar-refractivity contribution is -0.123. The van der Waals surface area contributed by atoms with Crippen molar-refractivity contribution >= 4 is 51.6 Å². The first kappa shape index (κ1) is 27.5. The smallest absolute Gasteiger partial charge is 0.407 e. The molecule has 38 heavy (non-hydrogen) atoms. The maximum absolute atomic E-state index is 13.5. The number of amides is 2. The van der Waals surface area contributed by atoms with Crippen LogP contribution in [0, 0.1) is 0 Å². The third-order valence-corrected chi connectivity index (χ3v) is 7.91. The second-order valence-electron chi connectivity index (χ2n) is 8.25. The van der Waals surface area contributed by atoms with Gasteiger partial charge in [0.2, 0.25) is 5.91 Å². The normalized spacial score (nSPS) is 13.2. The molecule has 0 bridgehead atoms. The van der Waals surface area contributed by atoms with E-state index in [2.05, 4.69) is 15.4 Å². The van der Waals surface area contributed by atoms with Gasteiger partial charge in [-0.2, -0.15) is 0 Å². The Balaban J connectivity index is 1.58. The molecule has 0 saturated heterocycles. The number of nitrogens with one attached hydrogen (secondary N) is 3. The molecule has 0 aliphatic rings. The van der Waals surface area contributed by atoms with E-state index >= 15 is 0 Å². The van der Waals surface area contributed by atoms with Gasteiger partial charge in [0.1, 0.15) is 11.0 Å². The van der Waals surface area contributed by atoms with Crippen LogP contribution in [-0.4, -0.2) is 38.9 Å². The average Bonchev–Trinajstić information content (AvgIpc) is 3.62. The molecular weight excluding hydrogens is 545 g/mol. The predicted octanol–water partition coefficient (Wildman–Crippen LogP) is 4.79. The van der Waals surface area contributed by atoms with E-state index in [0.717, 1.165) is 21.0 Å². The summed E-state index contributed by atoms with van der Waals surface area (Å²) in [5, 5.41) is 10.5. The van der Waals surface area contributed by atoms with Gasteiger partial charge in [0.15, 0.2) is 0 Å². The van der Waals surface area contributed by atoms with Crippen molar-refractivity contribution in [3.05, 3.63) is 94.3 Å². The summed E-state index contributed by atoms with van der Waals surface area (Å²) in [4.78, 5) is 31.4. The van der Waals surface area contributed by atoms with Crippen LogP contribution in [-0.2, 0) is 33.6 Å². The minimum absolute atomic E-state index is 0.282. The molecule has 12 heteroatoms. The summed E-state index contributed by atoms with van der Waals surface area (Å²) in [7, 11) is 1.25. The van der Waals surface area contributed by atoms with E-state index in [1.165, 1.54) is 18.4 Å². The van der Waals surface area contributed by atoms with Crippen molar-refractivity contribution in [1.29, 1.82) is 0 Å². The Morgan fingerprint density at radius 2 is 1.71 bits per heavy atom. The lowest BCUT2D eigenvalue weighted by atomic mass is 10.0. The number of carbonyl (C=O) groups excluding carboxylic acids is 2. The van der Waals surface area contributed by atoms with Gasteiger partial charge in [-0.1, -0.05) is 48.5 Å². The zero-order valence-corrected chi connectivity index (χ0v) is 22.8. The molecule has 0 aliphatic carbocycles. The number of carbonyl (C=O) groups is 2. The first-order valence-corrected chi connectivity index (χ1v) is 14.4. The van der Waals surface area contributed by atoms with Crippen molar-refractivity contribution in [2.45, 2.75) is 24.9 Å². The Morgan fingerprint density at radius 1 is 0.974 bits per heavy atom. The number of hydrogen-bond acceptors (Lipinski definition) is 7. The number of anilines is 1. The van der Waals surface area contributed by atoms with Crippen LogP contribution in [0.4, 0.5) is 10.5 Å². The van der Waals surface area contributed by atoms with E-state index in [9.17, 15) is 13.8 Å². The van der Waals surface area contributed by atoms with E-state index in [-0.39, 0.29) is 12.3 Å². The van der Waals surface area contributed by atoms with Crippen LogP contribution in [0.5, 0.6) is 0 Å². The van der Waals surface area contributed by atoms with Crippen LogP contribution >= 0.6 is 22.7 Å². The molecule has 2 unspecified atom stereocenters. The number of benzene rings is 2. The highest BCUT2D eigenvalue weighted by Crippen LogP contribution is 2.31. The van der Waals surface area contributed by atoms with Crippen LogP contribution in [0.1, 0.15) is 22.9 Å². The fourth-order valence-corrected chi connectivity index (χ4v) is 5.79. The second-order valence-corrected chi connectivity index (χ2v) is 10.8. The molecule has 2 aromatic carbocycles. The van der Waals surface area contributed by atoms with Crippen LogP contribution < -0.4 is 15.4 Å². The second kappa shape index (κ2) is 13.3. The summed E-state index contributed by atoms with van der Waals surface area (Å²) in [6, 6.07) is 19.0. The number of aromatic nitrogens is 1. The molecule has 0 aliphatic heterocycles. The first-order chi connectivity index (χ1) is 18.4. The number of ether oxygens (including phenoxy) is 1. The molecule has 0 radical (unpaired) electrons. The molecule has 198 valence electrons. The number of rotatable bonds is 11. The van der Waals surface area contributed by atoms with Gasteiger partial charge in [-0.3, -0.25) is 14.1 Å². The number of alkyl carbamates (subject to hydrolysis) is 1. The zero-order valence-electron chi connectivity index (χ0n) is 20.3. The summed E-state index contributed by atoms with van der Waals surface area (Å²) >= 11 is 0.911. The molecule has 0 spiro atoms. The summed E-state index contributed by atoms with van der Waals surface area (Å²) in [5.74, 6) is -0.371. The van der Waals surface area contributed by atoms with Crippen molar-refractivity contribution in [2.24, 2.45) is 0 Å². The Kier molecular flexibility index (Phi) is 9.60. The van der Waals surface area contributed by atoms with Crippen molar-refractivity contribution in [2.75, 3.05) is 11.8 Å². The van der Waals surface area contributed by atoms with Gasteiger partial charge in [-0.15, -0.1) is 22.7 Å². The highest BCUT2D eigenvalue weighted by Gasteiger charge is 2.26. The molecule has 4 aromatic rings. The molecule has 0 fully saturated rings. The number of hydrogen-bond donors (Lipinski definition) is 4. The molecular formula is C26H26N4O5S3. The zero-order chi connectivity index (χ0) is 26.9. The minimum Gasteiger partial charge on any atom is -0.453 e. The van der Waals surface area contributed by atoms with E-state index < -0.39 is 29.4 Å². The van der Waals surface area contributed by atoms with Crippen LogP contribution in [0.15, 0.2) is 77.5 Å². The lowest BCUT2D eigenvalue weighted by Crippen LogP contribution is -2.49. The maximum Gasteiger partial charge on any atom is 0.407 e. The standard InChI is InChI=1S/C26H26N4O5S3/c1-35-26(32)29-21(15-17-6-3-2-4-7-17)24(31)27-20(14-18-9-11-19(12-10-18)30-38(33)34)22-16-37-25(28-22)23-8-5-13-36-23/h2-13,16,20-21,30H,14-15H2,1H3,(H,27,31)(H,29,32)(H,33,34)/t20-,21?/m1/s1. The highest BCUT2D eigenvalue weighted by atomic mass is 32.2. The van der Waals surface area contributed by atoms with Crippen molar-refractivity contribution in [3.63, 3.8) is 0 Å². The van der Waals surface area contributed by atoms with Crippen molar-refractivity contribution in [1.82, 2.24) is 15.6 Å². The summed E-state index contributed by atoms with van der Waals surface area (Å²) < 4.78 is 27.3. The van der Waals surface area contributed by atoms with E-state index in [1.54, 1.807) is 23.5 Å². The van der Waals surface area contributed by atoms with Crippen LogP contribution in [0.2, 0.25) is 0 Å². The number of nitrogens with zero attached hydrogens (tertiary/aromatic N) is 1. The highest BCUT2D eigenvalue weighted by molar-refractivity contribution is 7.80. The van der Waals surface area contributed by atoms with Gasteiger partial charge in [-0.25, -0.2) is 14.0 Å². The fraction of sp³-hybridized carbons (Fsp3) is 0.192. The third-order valence-electron chi connectivity index (χ3n) is 5.60. The van der Waals surface area contributed by atoms with Crippen LogP contribution in [0.25, 0.3) is 9.88 Å². The Labute approximate surface area is 230 Å². The molecule has 4 N–H and O–H groups in total. The SMILES string of the molecule is COC(=O)NC(Cc1ccccc1)C(=O)N[C@H](Cc1ccc(NS(=O)O)cc1)c1csc(-c2cccs2)n1. The fourth-order valence-electron chi connectivity index (χ4n) is 3.77. The maximum atomic E-state index is 13.5. The van der Waals surface area contributed by atoms with Crippen LogP contribution in [0.3, 0.4) is 0 Å². The summed E-state index contributed by atoms with van der Waals surface area (Å²) in [6.07, 6.45) is -0.00127.